The topological polar surface area (TPSA) is 27.7 Å². The number of hydrogen-bond acceptors (Lipinski definition) is 7. The highest BCUT2D eigenvalue weighted by Crippen LogP contribution is 2.47. The van der Waals surface area contributed by atoms with Crippen LogP contribution in [0.2, 0.25) is 0 Å². The summed E-state index contributed by atoms with van der Waals surface area (Å²) in [6.45, 7) is 2.17. The average Bonchev–Trinajstić information content (AvgIpc) is 2.24. The van der Waals surface area contributed by atoms with Crippen molar-refractivity contribution in [3.05, 3.63) is 0 Å². The van der Waals surface area contributed by atoms with Gasteiger partial charge < -0.3 is 13.3 Å². The minimum Gasteiger partial charge on any atom is -0.368 e. The molecule has 0 aliphatic rings. The Morgan fingerprint density at radius 3 is 2.00 bits per heavy atom. The first-order valence-electron chi connectivity index (χ1n) is 4.04. The van der Waals surface area contributed by atoms with Gasteiger partial charge in [0.1, 0.15) is 0 Å². The van der Waals surface area contributed by atoms with Crippen LogP contribution in [0.4, 0.5) is 0 Å². The molecule has 8 heteroatoms. The molecule has 0 bridgehead atoms. The van der Waals surface area contributed by atoms with Gasteiger partial charge in [0, 0.05) is 27.1 Å². The zero-order chi connectivity index (χ0) is 10.9. The Kier molecular flexibility index (Phi) is 10.7. The van der Waals surface area contributed by atoms with Gasteiger partial charge in [-0.25, -0.2) is 0 Å². The molecule has 0 aromatic carbocycles. The average molecular weight is 293 g/mol. The maximum Gasteiger partial charge on any atom is 0.584 e. The van der Waals surface area contributed by atoms with E-state index < -0.39 is 7.95 Å². The molecular weight excluding hydrogens is 276 g/mol. The lowest BCUT2D eigenvalue weighted by Crippen LogP contribution is -2.38. The number of rotatable bonds is 9. The second-order valence-corrected chi connectivity index (χ2v) is 12.9. The molecule has 0 atom stereocenters. The maximum absolute atomic E-state index is 5.26. The molecule has 14 heavy (non-hydrogen) atoms. The summed E-state index contributed by atoms with van der Waals surface area (Å²) in [5.74, 6) is 1.17. The van der Waals surface area contributed by atoms with Gasteiger partial charge in [-0.05, 0) is 36.3 Å². The van der Waals surface area contributed by atoms with Crippen molar-refractivity contribution in [3.8, 4) is 0 Å². The summed E-state index contributed by atoms with van der Waals surface area (Å²) in [5.41, 5.74) is 0. The van der Waals surface area contributed by atoms with Gasteiger partial charge in [-0.3, -0.25) is 0 Å². The third-order valence-corrected chi connectivity index (χ3v) is 14.2. The Hall–Kier alpha value is 1.50. The van der Waals surface area contributed by atoms with Gasteiger partial charge in [-0.15, -0.1) is 0 Å². The summed E-state index contributed by atoms with van der Waals surface area (Å²) in [4.78, 5) is 0. The number of hydrogen-bond donors (Lipinski definition) is 0. The second-order valence-electron chi connectivity index (χ2n) is 2.15. The van der Waals surface area contributed by atoms with Gasteiger partial charge in [-0.1, -0.05) is 17.7 Å². The lowest BCUT2D eigenvalue weighted by atomic mass is 10.6. The van der Waals surface area contributed by atoms with E-state index in [0.29, 0.717) is 0 Å². The zero-order valence-electron chi connectivity index (χ0n) is 8.77. The Balaban J connectivity index is 3.61. The van der Waals surface area contributed by atoms with E-state index in [1.165, 1.54) is 12.2 Å². The van der Waals surface area contributed by atoms with Gasteiger partial charge in [0.15, 0.2) is 0 Å². The smallest absolute Gasteiger partial charge is 0.368 e. The molecule has 0 fully saturated rings. The van der Waals surface area contributed by atoms with E-state index in [-0.39, 0.29) is 0 Å². The van der Waals surface area contributed by atoms with Crippen LogP contribution < -0.4 is 0 Å². The van der Waals surface area contributed by atoms with Crippen molar-refractivity contribution in [2.75, 3.05) is 27.1 Å². The fourth-order valence-corrected chi connectivity index (χ4v) is 13.5. The van der Waals surface area contributed by atoms with Crippen LogP contribution in [0.25, 0.3) is 0 Å². The molecule has 0 rings (SSSR count). The van der Waals surface area contributed by atoms with Crippen LogP contribution in [0, 0.1) is 0 Å². The van der Waals surface area contributed by atoms with Crippen LogP contribution >= 0.6 is 40.7 Å². The molecular formula is C6H16O3S4Si. The van der Waals surface area contributed by atoms with Gasteiger partial charge in [-0.2, -0.15) is 0 Å². The Labute approximate surface area is 102 Å². The summed E-state index contributed by atoms with van der Waals surface area (Å²) < 4.78 is 15.8. The lowest BCUT2D eigenvalue weighted by molar-refractivity contribution is 0.153. The van der Waals surface area contributed by atoms with Crippen molar-refractivity contribution >= 4 is 48.6 Å². The molecule has 86 valence electrons. The summed E-state index contributed by atoms with van der Waals surface area (Å²) in [6, 6.07) is 0. The quantitative estimate of drug-likeness (QED) is 0.365. The van der Waals surface area contributed by atoms with Crippen molar-refractivity contribution in [1.82, 2.24) is 0 Å². The molecule has 0 spiro atoms. The van der Waals surface area contributed by atoms with Crippen LogP contribution in [0.15, 0.2) is 0 Å². The van der Waals surface area contributed by atoms with E-state index in [9.17, 15) is 0 Å². The zero-order valence-corrected chi connectivity index (χ0v) is 13.0. The van der Waals surface area contributed by atoms with Crippen molar-refractivity contribution in [2.24, 2.45) is 0 Å². The summed E-state index contributed by atoms with van der Waals surface area (Å²) >= 11 is 0. The van der Waals surface area contributed by atoms with E-state index in [1.54, 1.807) is 51.2 Å². The van der Waals surface area contributed by atoms with Crippen molar-refractivity contribution in [1.29, 1.82) is 0 Å². The van der Waals surface area contributed by atoms with Crippen LogP contribution in [-0.4, -0.2) is 35.0 Å². The van der Waals surface area contributed by atoms with Crippen LogP contribution in [0.3, 0.4) is 0 Å². The molecule has 3 nitrogen and oxygen atoms in total. The predicted octanol–water partition coefficient (Wildman–Crippen LogP) is 3.45. The Morgan fingerprint density at radius 1 is 1.00 bits per heavy atom. The summed E-state index contributed by atoms with van der Waals surface area (Å²) in [7, 11) is 9.22. The fraction of sp³-hybridized carbons (Fsp3) is 1.00. The highest BCUT2D eigenvalue weighted by molar-refractivity contribution is 9.28. The van der Waals surface area contributed by atoms with Gasteiger partial charge in [0.2, 0.25) is 0 Å². The maximum atomic E-state index is 5.26. The van der Waals surface area contributed by atoms with Crippen LogP contribution in [0.5, 0.6) is 0 Å². The first-order valence-corrected chi connectivity index (χ1v) is 11.5. The molecule has 0 unspecified atom stereocenters. The molecule has 0 saturated heterocycles. The minimum absolute atomic E-state index is 1.17. The SMILES string of the molecule is CCCSSSS[Si](OC)(OC)OC. The minimum atomic E-state index is -2.43. The Bertz CT molecular complexity index is 128. The van der Waals surface area contributed by atoms with Gasteiger partial charge in [0.05, 0.1) is 0 Å². The standard InChI is InChI=1S/C6H16O3S4Si/c1-5-6-10-11-12-13-14(7-2,8-3)9-4/h5-6H2,1-4H3. The Morgan fingerprint density at radius 2 is 1.57 bits per heavy atom. The molecule has 0 amide bonds. The molecule has 0 aliphatic carbocycles. The van der Waals surface area contributed by atoms with Crippen molar-refractivity contribution < 1.29 is 13.3 Å². The third kappa shape index (κ3) is 6.16. The van der Waals surface area contributed by atoms with Crippen molar-refractivity contribution in [2.45, 2.75) is 13.3 Å². The lowest BCUT2D eigenvalue weighted by Gasteiger charge is -2.21. The summed E-state index contributed by atoms with van der Waals surface area (Å²) in [5, 5.41) is 0. The van der Waals surface area contributed by atoms with Gasteiger partial charge >= 0.3 is 7.95 Å². The molecule has 0 aromatic heterocycles. The van der Waals surface area contributed by atoms with E-state index in [0.717, 1.165) is 0 Å². The van der Waals surface area contributed by atoms with Crippen LogP contribution in [-0.2, 0) is 13.3 Å². The molecule has 0 saturated carbocycles. The molecule has 0 radical (unpaired) electrons. The molecule has 0 aliphatic heterocycles. The molecule has 0 heterocycles. The van der Waals surface area contributed by atoms with Crippen molar-refractivity contribution in [3.63, 3.8) is 0 Å². The monoisotopic (exact) mass is 292 g/mol. The van der Waals surface area contributed by atoms with Crippen LogP contribution in [0.1, 0.15) is 13.3 Å². The predicted molar refractivity (Wildman–Crippen MR) is 72.3 cm³/mol. The van der Waals surface area contributed by atoms with E-state index in [2.05, 4.69) is 6.92 Å². The first-order chi connectivity index (χ1) is 6.74. The normalized spacial score (nSPS) is 12.0. The highest BCUT2D eigenvalue weighted by Gasteiger charge is 2.40. The fourth-order valence-electron chi connectivity index (χ4n) is 0.545. The third-order valence-electron chi connectivity index (χ3n) is 1.25. The van der Waals surface area contributed by atoms with E-state index in [4.69, 9.17) is 13.3 Å². The van der Waals surface area contributed by atoms with E-state index >= 15 is 0 Å². The van der Waals surface area contributed by atoms with E-state index in [1.807, 2.05) is 10.8 Å². The molecule has 0 aromatic rings. The largest absolute Gasteiger partial charge is 0.584 e. The van der Waals surface area contributed by atoms with Gasteiger partial charge in [0.25, 0.3) is 0 Å². The first kappa shape index (κ1) is 15.5. The molecule has 0 N–H and O–H groups in total. The second kappa shape index (κ2) is 9.70. The summed E-state index contributed by atoms with van der Waals surface area (Å²) in [6.07, 6.45) is 1.20. The highest BCUT2D eigenvalue weighted by atomic mass is 33.7.